The number of benzene rings is 2. The van der Waals surface area contributed by atoms with Crippen LogP contribution in [0.25, 0.3) is 22.3 Å². The number of hydrogen-bond acceptors (Lipinski definition) is 0. The van der Waals surface area contributed by atoms with E-state index < -0.39 is 0 Å². The standard InChI is InChI=1S/2C14H15.C8H19Si.2ClH.Hf/c2*1-11(2)13-8-9-14(10-13)12-6-4-3-5-7-12;1-5-7(3)9-8(4)6-2;;;/h2*3-11H,1-2H3;7-9H,5-6H2,1-4H3;2*1H;/q2*-1;;;;+4/p-2. The van der Waals surface area contributed by atoms with E-state index in [0.29, 0.717) is 11.8 Å². The van der Waals surface area contributed by atoms with Crippen LogP contribution in [0.4, 0.5) is 0 Å². The Labute approximate surface area is 279 Å². The molecule has 0 aliphatic heterocycles. The van der Waals surface area contributed by atoms with Crippen molar-refractivity contribution in [2.75, 3.05) is 0 Å². The monoisotopic (exact) mass is 759 g/mol. The maximum Gasteiger partial charge on any atom is 4.00 e. The molecule has 4 aromatic rings. The first-order valence-corrected chi connectivity index (χ1v) is 15.6. The molecule has 2 unspecified atom stereocenters. The molecule has 4 heteroatoms. The Morgan fingerprint density at radius 2 is 0.875 bits per heavy atom. The van der Waals surface area contributed by atoms with Crippen molar-refractivity contribution in [1.82, 2.24) is 0 Å². The summed E-state index contributed by atoms with van der Waals surface area (Å²) in [4.78, 5) is 0. The first-order valence-electron chi connectivity index (χ1n) is 14.2. The van der Waals surface area contributed by atoms with Crippen molar-refractivity contribution in [2.24, 2.45) is 0 Å². The van der Waals surface area contributed by atoms with E-state index >= 15 is 0 Å². The molecule has 0 bridgehead atoms. The summed E-state index contributed by atoms with van der Waals surface area (Å²) >= 11 is 0. The number of halogens is 2. The summed E-state index contributed by atoms with van der Waals surface area (Å²) in [6, 6.07) is 34.4. The van der Waals surface area contributed by atoms with Gasteiger partial charge in [-0.25, -0.2) is 12.1 Å². The van der Waals surface area contributed by atoms with Gasteiger partial charge in [0.25, 0.3) is 0 Å². The van der Waals surface area contributed by atoms with E-state index in [1.54, 1.807) is 0 Å². The van der Waals surface area contributed by atoms with Gasteiger partial charge in [0.2, 0.25) is 0 Å². The SMILES string of the molecule is CC(C)c1cc(-c2ccccc2)c[cH-]1.CC(C)c1cc(-c2ccccc2)c[cH-]1.CCC(C)[SiH]C(C)CC.[Cl-].[Cl-].[Hf+4]. The van der Waals surface area contributed by atoms with Crippen molar-refractivity contribution in [1.29, 1.82) is 0 Å². The molecule has 0 aliphatic carbocycles. The van der Waals surface area contributed by atoms with Gasteiger partial charge < -0.3 is 24.8 Å². The van der Waals surface area contributed by atoms with E-state index in [1.807, 2.05) is 0 Å². The minimum absolute atomic E-state index is 0. The van der Waals surface area contributed by atoms with Crippen molar-refractivity contribution in [3.63, 3.8) is 0 Å². The summed E-state index contributed by atoms with van der Waals surface area (Å²) in [5.41, 5.74) is 10.1. The van der Waals surface area contributed by atoms with Crippen LogP contribution in [0.1, 0.15) is 91.2 Å². The van der Waals surface area contributed by atoms with Crippen molar-refractivity contribution in [3.05, 3.63) is 108 Å². The van der Waals surface area contributed by atoms with E-state index in [0.717, 1.165) is 20.6 Å². The second-order valence-corrected chi connectivity index (χ2v) is 13.5. The second kappa shape index (κ2) is 22.4. The summed E-state index contributed by atoms with van der Waals surface area (Å²) in [6.45, 7) is 18.2. The Hall–Kier alpha value is -1.19. The molecule has 0 heterocycles. The maximum atomic E-state index is 2.38. The average molecular weight is 759 g/mol. The third kappa shape index (κ3) is 14.6. The maximum absolute atomic E-state index is 2.38. The van der Waals surface area contributed by atoms with Crippen molar-refractivity contribution in [2.45, 2.75) is 91.1 Å². The van der Waals surface area contributed by atoms with Crippen LogP contribution < -0.4 is 24.8 Å². The van der Waals surface area contributed by atoms with E-state index in [9.17, 15) is 0 Å². The third-order valence-electron chi connectivity index (χ3n) is 7.05. The Morgan fingerprint density at radius 1 is 0.550 bits per heavy atom. The largest absolute Gasteiger partial charge is 4.00 e. The van der Waals surface area contributed by atoms with Gasteiger partial charge >= 0.3 is 25.8 Å². The van der Waals surface area contributed by atoms with E-state index in [2.05, 4.69) is 152 Å². The zero-order valence-electron chi connectivity index (χ0n) is 25.8. The van der Waals surface area contributed by atoms with Crippen LogP contribution in [-0.4, -0.2) is 9.52 Å². The predicted octanol–water partition coefficient (Wildman–Crippen LogP) is 5.26. The molecule has 0 fully saturated rings. The molecule has 0 saturated carbocycles. The normalized spacial score (nSPS) is 11.4. The Balaban J connectivity index is 0. The molecule has 0 saturated heterocycles. The minimum Gasteiger partial charge on any atom is -1.00 e. The molecule has 1 radical (unpaired) electrons. The first-order chi connectivity index (χ1) is 17.7. The number of rotatable bonds is 8. The fourth-order valence-electron chi connectivity index (χ4n) is 4.10. The molecule has 0 N–H and O–H groups in total. The van der Waals surface area contributed by atoms with Crippen LogP contribution in [-0.2, 0) is 25.8 Å². The van der Waals surface area contributed by atoms with Crippen LogP contribution in [0.15, 0.2) is 97.1 Å². The molecule has 40 heavy (non-hydrogen) atoms. The van der Waals surface area contributed by atoms with Crippen LogP contribution in [0.5, 0.6) is 0 Å². The molecule has 0 spiro atoms. The van der Waals surface area contributed by atoms with Crippen LogP contribution >= 0.6 is 0 Å². The van der Waals surface area contributed by atoms with Gasteiger partial charge in [-0.3, -0.25) is 0 Å². The molecule has 215 valence electrons. The molecular weight excluding hydrogens is 710 g/mol. The molecule has 4 rings (SSSR count). The van der Waals surface area contributed by atoms with Gasteiger partial charge in [0.15, 0.2) is 0 Å². The molecule has 4 aromatic carbocycles. The Morgan fingerprint density at radius 3 is 1.12 bits per heavy atom. The van der Waals surface area contributed by atoms with Crippen LogP contribution in [0.2, 0.25) is 11.1 Å². The van der Waals surface area contributed by atoms with E-state index in [1.165, 1.54) is 46.2 Å². The van der Waals surface area contributed by atoms with E-state index in [-0.39, 0.29) is 50.7 Å². The Kier molecular flexibility index (Phi) is 22.9. The number of hydrogen-bond donors (Lipinski definition) is 0. The van der Waals surface area contributed by atoms with Gasteiger partial charge in [-0.1, -0.05) is 151 Å². The van der Waals surface area contributed by atoms with Crippen molar-refractivity contribution in [3.8, 4) is 22.3 Å². The quantitative estimate of drug-likeness (QED) is 0.170. The predicted molar refractivity (Wildman–Crippen MR) is 170 cm³/mol. The van der Waals surface area contributed by atoms with Gasteiger partial charge in [0.05, 0.1) is 0 Å². The van der Waals surface area contributed by atoms with Gasteiger partial charge in [-0.2, -0.15) is 46.5 Å². The van der Waals surface area contributed by atoms with Gasteiger partial charge in [0, 0.05) is 9.52 Å². The van der Waals surface area contributed by atoms with Crippen molar-refractivity contribution < 1.29 is 50.7 Å². The molecule has 2 atom stereocenters. The Bertz CT molecular complexity index is 1030. The zero-order valence-corrected chi connectivity index (χ0v) is 32.1. The van der Waals surface area contributed by atoms with Gasteiger partial charge in [0.1, 0.15) is 0 Å². The fraction of sp³-hybridized carbons (Fsp3) is 0.389. The molecule has 0 aromatic heterocycles. The van der Waals surface area contributed by atoms with Gasteiger partial charge in [-0.15, -0.1) is 0 Å². The second-order valence-electron chi connectivity index (χ2n) is 10.9. The summed E-state index contributed by atoms with van der Waals surface area (Å²) in [7, 11) is 0.720. The van der Waals surface area contributed by atoms with Crippen molar-refractivity contribution >= 4 is 9.52 Å². The zero-order chi connectivity index (χ0) is 27.2. The van der Waals surface area contributed by atoms with E-state index in [4.69, 9.17) is 0 Å². The average Bonchev–Trinajstić information content (AvgIpc) is 3.61. The summed E-state index contributed by atoms with van der Waals surface area (Å²) in [5, 5.41) is 0. The summed E-state index contributed by atoms with van der Waals surface area (Å²) in [5.74, 6) is 1.24. The smallest absolute Gasteiger partial charge is 1.00 e. The minimum atomic E-state index is 0. The molecule has 0 amide bonds. The first kappa shape index (κ1) is 40.9. The van der Waals surface area contributed by atoms with Crippen LogP contribution in [0.3, 0.4) is 0 Å². The summed E-state index contributed by atoms with van der Waals surface area (Å²) < 4.78 is 0. The summed E-state index contributed by atoms with van der Waals surface area (Å²) in [6.07, 6.45) is 2.75. The van der Waals surface area contributed by atoms with Crippen LogP contribution in [0, 0.1) is 0 Å². The molecule has 0 nitrogen and oxygen atoms in total. The van der Waals surface area contributed by atoms with Gasteiger partial charge in [-0.05, 0) is 11.8 Å². The molecular formula is C36H49Cl2HfSi. The molecule has 0 aliphatic rings. The fourth-order valence-corrected chi connectivity index (χ4v) is 5.76. The third-order valence-corrected chi connectivity index (χ3v) is 9.30. The topological polar surface area (TPSA) is 0 Å².